The fraction of sp³-hybridized carbons (Fsp3) is 0.278. The Morgan fingerprint density at radius 1 is 1.11 bits per heavy atom. The molecule has 0 spiro atoms. The van der Waals surface area contributed by atoms with Crippen LogP contribution in [-0.4, -0.2) is 22.6 Å². The molecule has 0 atom stereocenters. The number of pyridine rings is 1. The lowest BCUT2D eigenvalue weighted by atomic mass is 10.1. The van der Waals surface area contributed by atoms with Gasteiger partial charge in [-0.05, 0) is 45.0 Å². The molecule has 0 aliphatic rings. The molecule has 2 amide bonds. The van der Waals surface area contributed by atoms with Gasteiger partial charge >= 0.3 is 12.3 Å². The zero-order valence-corrected chi connectivity index (χ0v) is 15.9. The van der Waals surface area contributed by atoms with Crippen molar-refractivity contribution in [2.75, 3.05) is 10.6 Å². The molecule has 1 aromatic heterocycles. The third kappa shape index (κ3) is 6.12. The molecule has 6 nitrogen and oxygen atoms in total. The van der Waals surface area contributed by atoms with Crippen LogP contribution in [-0.2, 0) is 10.9 Å². The molecular formula is C18H17ClF3N3O3. The normalized spacial score (nSPS) is 11.7. The van der Waals surface area contributed by atoms with Gasteiger partial charge in [-0.25, -0.2) is 9.78 Å². The van der Waals surface area contributed by atoms with Crippen molar-refractivity contribution in [3.05, 3.63) is 52.8 Å². The fourth-order valence-corrected chi connectivity index (χ4v) is 2.21. The lowest BCUT2D eigenvalue weighted by Crippen LogP contribution is -2.27. The molecule has 2 aromatic rings. The minimum absolute atomic E-state index is 0.0528. The van der Waals surface area contributed by atoms with E-state index in [-0.39, 0.29) is 22.1 Å². The van der Waals surface area contributed by atoms with E-state index in [0.717, 1.165) is 18.2 Å². The van der Waals surface area contributed by atoms with Gasteiger partial charge in [0.2, 0.25) is 0 Å². The van der Waals surface area contributed by atoms with E-state index >= 15 is 0 Å². The number of carbonyl (C=O) groups excluding carboxylic acids is 2. The average molecular weight is 416 g/mol. The van der Waals surface area contributed by atoms with E-state index in [1.54, 1.807) is 20.8 Å². The van der Waals surface area contributed by atoms with Crippen LogP contribution in [0.1, 0.15) is 36.7 Å². The number of rotatable bonds is 3. The highest BCUT2D eigenvalue weighted by Crippen LogP contribution is 2.30. The van der Waals surface area contributed by atoms with Crippen LogP contribution in [0.3, 0.4) is 0 Å². The Morgan fingerprint density at radius 3 is 2.39 bits per heavy atom. The quantitative estimate of drug-likeness (QED) is 0.662. The minimum atomic E-state index is -4.57. The van der Waals surface area contributed by atoms with E-state index in [2.05, 4.69) is 15.6 Å². The van der Waals surface area contributed by atoms with Crippen molar-refractivity contribution >= 4 is 35.0 Å². The Hall–Kier alpha value is -2.81. The first-order chi connectivity index (χ1) is 12.8. The number of carbonyl (C=O) groups is 2. The lowest BCUT2D eigenvalue weighted by molar-refractivity contribution is -0.137. The van der Waals surface area contributed by atoms with Crippen LogP contribution in [0, 0.1) is 0 Å². The highest BCUT2D eigenvalue weighted by Gasteiger charge is 2.31. The summed E-state index contributed by atoms with van der Waals surface area (Å²) in [4.78, 5) is 27.9. The summed E-state index contributed by atoms with van der Waals surface area (Å²) in [5.41, 5.74) is -1.68. The zero-order valence-electron chi connectivity index (χ0n) is 15.1. The van der Waals surface area contributed by atoms with Gasteiger partial charge in [0.05, 0.1) is 23.1 Å². The molecule has 2 rings (SSSR count). The number of alkyl halides is 3. The number of hydrogen-bond donors (Lipinski definition) is 2. The van der Waals surface area contributed by atoms with E-state index in [1.165, 1.54) is 18.3 Å². The van der Waals surface area contributed by atoms with Gasteiger partial charge in [0, 0.05) is 5.56 Å². The zero-order chi connectivity index (χ0) is 21.1. The molecule has 0 radical (unpaired) electrons. The second-order valence-electron chi connectivity index (χ2n) is 6.72. The van der Waals surface area contributed by atoms with Crippen LogP contribution in [0.5, 0.6) is 0 Å². The molecule has 0 saturated carbocycles. The molecular weight excluding hydrogens is 399 g/mol. The standard InChI is InChI=1S/C18H17ClF3N3O3/c1-17(2,3)28-16(27)25-13-8-12(9-23-14(13)19)24-15(26)10-5-4-6-11(7-10)18(20,21)22/h4-9H,1-3H3,(H,24,26)(H,25,27). The summed E-state index contributed by atoms with van der Waals surface area (Å²) in [6.45, 7) is 5.04. The molecule has 1 heterocycles. The third-order valence-corrected chi connectivity index (χ3v) is 3.49. The molecule has 10 heteroatoms. The van der Waals surface area contributed by atoms with Gasteiger partial charge in [0.1, 0.15) is 5.60 Å². The van der Waals surface area contributed by atoms with Crippen LogP contribution >= 0.6 is 11.6 Å². The fourth-order valence-electron chi connectivity index (χ4n) is 2.06. The second kappa shape index (κ2) is 8.05. The molecule has 28 heavy (non-hydrogen) atoms. The second-order valence-corrected chi connectivity index (χ2v) is 7.08. The average Bonchev–Trinajstić information content (AvgIpc) is 2.55. The molecule has 0 aliphatic heterocycles. The monoisotopic (exact) mass is 415 g/mol. The van der Waals surface area contributed by atoms with Crippen molar-refractivity contribution in [2.24, 2.45) is 0 Å². The SMILES string of the molecule is CC(C)(C)OC(=O)Nc1cc(NC(=O)c2cccc(C(F)(F)F)c2)cnc1Cl. The van der Waals surface area contributed by atoms with Crippen LogP contribution in [0.4, 0.5) is 29.3 Å². The number of halogens is 4. The summed E-state index contributed by atoms with van der Waals surface area (Å²) in [6, 6.07) is 5.29. The van der Waals surface area contributed by atoms with Crippen molar-refractivity contribution in [1.82, 2.24) is 4.98 Å². The maximum absolute atomic E-state index is 12.8. The maximum atomic E-state index is 12.8. The molecule has 0 aliphatic carbocycles. The van der Waals surface area contributed by atoms with Crippen molar-refractivity contribution in [3.63, 3.8) is 0 Å². The summed E-state index contributed by atoms with van der Waals surface area (Å²) in [6.07, 6.45) is -4.14. The summed E-state index contributed by atoms with van der Waals surface area (Å²) in [7, 11) is 0. The number of benzene rings is 1. The van der Waals surface area contributed by atoms with E-state index in [1.807, 2.05) is 0 Å². The summed E-state index contributed by atoms with van der Waals surface area (Å²) in [5, 5.41) is 4.75. The Morgan fingerprint density at radius 2 is 1.79 bits per heavy atom. The molecule has 0 bridgehead atoms. The van der Waals surface area contributed by atoms with Gasteiger partial charge in [-0.2, -0.15) is 13.2 Å². The number of amides is 2. The first kappa shape index (κ1) is 21.5. The highest BCUT2D eigenvalue weighted by atomic mass is 35.5. The Balaban J connectivity index is 2.17. The summed E-state index contributed by atoms with van der Waals surface area (Å²) >= 11 is 5.92. The number of anilines is 2. The number of hydrogen-bond acceptors (Lipinski definition) is 4. The Kier molecular flexibility index (Phi) is 6.18. The molecule has 150 valence electrons. The lowest BCUT2D eigenvalue weighted by Gasteiger charge is -2.20. The molecule has 0 saturated heterocycles. The van der Waals surface area contributed by atoms with Crippen LogP contribution in [0.25, 0.3) is 0 Å². The number of aromatic nitrogens is 1. The van der Waals surface area contributed by atoms with Crippen LogP contribution in [0.2, 0.25) is 5.15 Å². The minimum Gasteiger partial charge on any atom is -0.444 e. The van der Waals surface area contributed by atoms with E-state index in [0.29, 0.717) is 0 Å². The van der Waals surface area contributed by atoms with E-state index < -0.39 is 29.3 Å². The third-order valence-electron chi connectivity index (χ3n) is 3.18. The van der Waals surface area contributed by atoms with Crippen LogP contribution < -0.4 is 10.6 Å². The van der Waals surface area contributed by atoms with Crippen molar-refractivity contribution in [1.29, 1.82) is 0 Å². The number of nitrogens with one attached hydrogen (secondary N) is 2. The topological polar surface area (TPSA) is 80.3 Å². The van der Waals surface area contributed by atoms with Gasteiger partial charge in [-0.3, -0.25) is 10.1 Å². The van der Waals surface area contributed by atoms with Gasteiger partial charge in [0.15, 0.2) is 5.15 Å². The number of nitrogens with zero attached hydrogens (tertiary/aromatic N) is 1. The smallest absolute Gasteiger partial charge is 0.416 e. The Labute approximate surface area is 164 Å². The highest BCUT2D eigenvalue weighted by molar-refractivity contribution is 6.32. The first-order valence-electron chi connectivity index (χ1n) is 7.99. The molecule has 1 aromatic carbocycles. The van der Waals surface area contributed by atoms with Gasteiger partial charge in [-0.1, -0.05) is 17.7 Å². The van der Waals surface area contributed by atoms with E-state index in [9.17, 15) is 22.8 Å². The molecule has 0 unspecified atom stereocenters. The first-order valence-corrected chi connectivity index (χ1v) is 8.37. The van der Waals surface area contributed by atoms with Crippen LogP contribution in [0.15, 0.2) is 36.5 Å². The van der Waals surface area contributed by atoms with Gasteiger partial charge in [-0.15, -0.1) is 0 Å². The maximum Gasteiger partial charge on any atom is 0.416 e. The molecule has 2 N–H and O–H groups in total. The van der Waals surface area contributed by atoms with E-state index in [4.69, 9.17) is 16.3 Å². The number of ether oxygens (including phenoxy) is 1. The van der Waals surface area contributed by atoms with Crippen molar-refractivity contribution < 1.29 is 27.5 Å². The van der Waals surface area contributed by atoms with Gasteiger partial charge < -0.3 is 10.1 Å². The van der Waals surface area contributed by atoms with Crippen molar-refractivity contribution in [2.45, 2.75) is 32.5 Å². The predicted molar refractivity (Wildman–Crippen MR) is 98.5 cm³/mol. The summed E-state index contributed by atoms with van der Waals surface area (Å²) in [5.74, 6) is -0.779. The van der Waals surface area contributed by atoms with Crippen molar-refractivity contribution in [3.8, 4) is 0 Å². The largest absolute Gasteiger partial charge is 0.444 e. The Bertz CT molecular complexity index is 896. The molecule has 0 fully saturated rings. The summed E-state index contributed by atoms with van der Waals surface area (Å²) < 4.78 is 43.5. The van der Waals surface area contributed by atoms with Gasteiger partial charge in [0.25, 0.3) is 5.91 Å². The predicted octanol–water partition coefficient (Wildman–Crippen LogP) is 5.35.